The van der Waals surface area contributed by atoms with Crippen molar-refractivity contribution in [1.82, 2.24) is 0 Å². The van der Waals surface area contributed by atoms with Crippen molar-refractivity contribution in [3.05, 3.63) is 11.8 Å². The van der Waals surface area contributed by atoms with E-state index in [2.05, 4.69) is 4.74 Å². The Labute approximate surface area is 71.1 Å². The van der Waals surface area contributed by atoms with E-state index in [1.807, 2.05) is 0 Å². The molecule has 1 aliphatic rings. The van der Waals surface area contributed by atoms with Crippen molar-refractivity contribution in [1.29, 1.82) is 0 Å². The van der Waals surface area contributed by atoms with Gasteiger partial charge < -0.3 is 14.2 Å². The number of carbonyl (C=O) groups is 1. The Morgan fingerprint density at radius 2 is 2.42 bits per heavy atom. The Morgan fingerprint density at radius 3 is 3.00 bits per heavy atom. The lowest BCUT2D eigenvalue weighted by Crippen LogP contribution is -2.22. The molecule has 4 nitrogen and oxygen atoms in total. The van der Waals surface area contributed by atoms with Gasteiger partial charge in [0.2, 0.25) is 5.76 Å². The summed E-state index contributed by atoms with van der Waals surface area (Å²) in [5.74, 6) is -0.202. The molecule has 0 radical (unpaired) electrons. The smallest absolute Gasteiger partial charge is 0.373 e. The number of allylic oxidation sites excluding steroid dienone is 1. The van der Waals surface area contributed by atoms with Crippen molar-refractivity contribution >= 4 is 5.97 Å². The summed E-state index contributed by atoms with van der Waals surface area (Å²) in [6, 6.07) is 0. The zero-order chi connectivity index (χ0) is 8.97. The third kappa shape index (κ3) is 1.98. The number of ether oxygens (including phenoxy) is 3. The van der Waals surface area contributed by atoms with Crippen LogP contribution >= 0.6 is 0 Å². The van der Waals surface area contributed by atoms with E-state index in [-0.39, 0.29) is 12.0 Å². The third-order valence-corrected chi connectivity index (χ3v) is 1.64. The zero-order valence-corrected chi connectivity index (χ0v) is 7.20. The maximum Gasteiger partial charge on any atom is 0.373 e. The number of carbonyl (C=O) groups excluding carboxylic acids is 1. The molecular weight excluding hydrogens is 160 g/mol. The highest BCUT2D eigenvalue weighted by atomic mass is 16.7. The van der Waals surface area contributed by atoms with Crippen molar-refractivity contribution in [3.8, 4) is 0 Å². The van der Waals surface area contributed by atoms with Gasteiger partial charge in [0.1, 0.15) is 0 Å². The van der Waals surface area contributed by atoms with Gasteiger partial charge in [-0.25, -0.2) is 4.79 Å². The van der Waals surface area contributed by atoms with E-state index >= 15 is 0 Å². The topological polar surface area (TPSA) is 44.8 Å². The molecule has 0 aromatic rings. The van der Waals surface area contributed by atoms with Gasteiger partial charge in [-0.1, -0.05) is 0 Å². The van der Waals surface area contributed by atoms with Gasteiger partial charge in [-0.2, -0.15) is 0 Å². The minimum Gasteiger partial charge on any atom is -0.463 e. The minimum atomic E-state index is -0.447. The average molecular weight is 172 g/mol. The number of hydrogen-bond acceptors (Lipinski definition) is 4. The van der Waals surface area contributed by atoms with Crippen LogP contribution in [0.15, 0.2) is 11.8 Å². The third-order valence-electron chi connectivity index (χ3n) is 1.64. The monoisotopic (exact) mass is 172 g/mol. The van der Waals surface area contributed by atoms with Crippen LogP contribution < -0.4 is 0 Å². The lowest BCUT2D eigenvalue weighted by molar-refractivity contribution is -0.152. The molecule has 1 unspecified atom stereocenters. The van der Waals surface area contributed by atoms with Crippen LogP contribution in [0.3, 0.4) is 0 Å². The SMILES string of the molecule is COC(=O)C1=CCCC(OC)O1. The molecule has 0 fully saturated rings. The highest BCUT2D eigenvalue weighted by Gasteiger charge is 2.20. The molecule has 1 atom stereocenters. The molecule has 0 N–H and O–H groups in total. The molecule has 0 aromatic heterocycles. The quantitative estimate of drug-likeness (QED) is 0.578. The molecule has 1 heterocycles. The second-order valence-corrected chi connectivity index (χ2v) is 2.42. The Kier molecular flexibility index (Phi) is 3.10. The molecule has 0 bridgehead atoms. The largest absolute Gasteiger partial charge is 0.463 e. The van der Waals surface area contributed by atoms with Crippen molar-refractivity contribution < 1.29 is 19.0 Å². The van der Waals surface area contributed by atoms with Crippen molar-refractivity contribution in [2.45, 2.75) is 19.1 Å². The lowest BCUT2D eigenvalue weighted by Gasteiger charge is -2.21. The Balaban J connectivity index is 2.55. The lowest BCUT2D eigenvalue weighted by atomic mass is 10.2. The summed E-state index contributed by atoms with van der Waals surface area (Å²) in [7, 11) is 2.87. The normalized spacial score (nSPS) is 22.5. The zero-order valence-electron chi connectivity index (χ0n) is 7.20. The molecule has 0 aromatic carbocycles. The first-order chi connectivity index (χ1) is 5.77. The predicted molar refractivity (Wildman–Crippen MR) is 41.2 cm³/mol. The summed E-state index contributed by atoms with van der Waals surface area (Å²) in [4.78, 5) is 11.0. The average Bonchev–Trinajstić information content (AvgIpc) is 2.17. The molecular formula is C8H12O4. The van der Waals surface area contributed by atoms with Crippen molar-refractivity contribution in [2.24, 2.45) is 0 Å². The maximum absolute atomic E-state index is 11.0. The van der Waals surface area contributed by atoms with Gasteiger partial charge >= 0.3 is 5.97 Å². The van der Waals surface area contributed by atoms with Crippen LogP contribution in [0.1, 0.15) is 12.8 Å². The Morgan fingerprint density at radius 1 is 1.67 bits per heavy atom. The van der Waals surface area contributed by atoms with E-state index in [4.69, 9.17) is 9.47 Å². The first-order valence-electron chi connectivity index (χ1n) is 3.76. The van der Waals surface area contributed by atoms with E-state index in [0.717, 1.165) is 12.8 Å². The van der Waals surface area contributed by atoms with Gasteiger partial charge in [-0.3, -0.25) is 0 Å². The standard InChI is InChI=1S/C8H12O4/c1-10-7-5-3-4-6(12-7)8(9)11-2/h4,7H,3,5H2,1-2H3. The van der Waals surface area contributed by atoms with E-state index in [1.54, 1.807) is 13.2 Å². The molecule has 4 heteroatoms. The molecule has 0 saturated carbocycles. The van der Waals surface area contributed by atoms with E-state index in [9.17, 15) is 4.79 Å². The molecule has 0 spiro atoms. The van der Waals surface area contributed by atoms with Crippen LogP contribution in [0.5, 0.6) is 0 Å². The molecule has 1 aliphatic heterocycles. The van der Waals surface area contributed by atoms with Gasteiger partial charge in [0.25, 0.3) is 0 Å². The molecule has 12 heavy (non-hydrogen) atoms. The molecule has 0 aliphatic carbocycles. The van der Waals surface area contributed by atoms with E-state index < -0.39 is 5.97 Å². The van der Waals surface area contributed by atoms with Crippen LogP contribution in [0.25, 0.3) is 0 Å². The second kappa shape index (κ2) is 4.11. The molecule has 0 amide bonds. The van der Waals surface area contributed by atoms with Gasteiger partial charge in [0, 0.05) is 13.5 Å². The summed E-state index contributed by atoms with van der Waals surface area (Å²) < 4.78 is 14.6. The second-order valence-electron chi connectivity index (χ2n) is 2.42. The maximum atomic E-state index is 11.0. The van der Waals surface area contributed by atoms with Crippen molar-refractivity contribution in [3.63, 3.8) is 0 Å². The van der Waals surface area contributed by atoms with Crippen LogP contribution in [0.2, 0.25) is 0 Å². The highest BCUT2D eigenvalue weighted by Crippen LogP contribution is 2.17. The van der Waals surface area contributed by atoms with Gasteiger partial charge in [0.05, 0.1) is 7.11 Å². The Hall–Kier alpha value is -1.03. The molecule has 0 saturated heterocycles. The minimum absolute atomic E-state index is 0.246. The van der Waals surface area contributed by atoms with E-state index in [0.29, 0.717) is 0 Å². The number of esters is 1. The van der Waals surface area contributed by atoms with Crippen LogP contribution in [0, 0.1) is 0 Å². The van der Waals surface area contributed by atoms with Crippen LogP contribution in [0.4, 0.5) is 0 Å². The summed E-state index contributed by atoms with van der Waals surface area (Å²) in [6.45, 7) is 0. The van der Waals surface area contributed by atoms with Crippen molar-refractivity contribution in [2.75, 3.05) is 14.2 Å². The summed E-state index contributed by atoms with van der Waals surface area (Å²) >= 11 is 0. The number of methoxy groups -OCH3 is 2. The fraction of sp³-hybridized carbons (Fsp3) is 0.625. The summed E-state index contributed by atoms with van der Waals surface area (Å²) in [6.07, 6.45) is 2.95. The van der Waals surface area contributed by atoms with Crippen LogP contribution in [-0.2, 0) is 19.0 Å². The number of hydrogen-bond donors (Lipinski definition) is 0. The fourth-order valence-electron chi connectivity index (χ4n) is 0.997. The predicted octanol–water partition coefficient (Wildman–Crippen LogP) is 0.826. The Bertz CT molecular complexity index is 197. The van der Waals surface area contributed by atoms with Crippen LogP contribution in [-0.4, -0.2) is 26.5 Å². The fourth-order valence-corrected chi connectivity index (χ4v) is 0.997. The summed E-state index contributed by atoms with van der Waals surface area (Å²) in [5, 5.41) is 0. The molecule has 68 valence electrons. The van der Waals surface area contributed by atoms with Gasteiger partial charge in [-0.05, 0) is 12.5 Å². The van der Waals surface area contributed by atoms with Gasteiger partial charge in [0.15, 0.2) is 6.29 Å². The summed E-state index contributed by atoms with van der Waals surface area (Å²) in [5.41, 5.74) is 0. The highest BCUT2D eigenvalue weighted by molar-refractivity contribution is 5.86. The first kappa shape index (κ1) is 9.06. The van der Waals surface area contributed by atoms with E-state index in [1.165, 1.54) is 7.11 Å². The first-order valence-corrected chi connectivity index (χ1v) is 3.76. The number of rotatable bonds is 2. The molecule has 1 rings (SSSR count). The van der Waals surface area contributed by atoms with Gasteiger partial charge in [-0.15, -0.1) is 0 Å².